The lowest BCUT2D eigenvalue weighted by Gasteiger charge is -2.31. The Labute approximate surface area is 175 Å². The highest BCUT2D eigenvalue weighted by atomic mass is 19.1. The molecule has 0 bridgehead atoms. The molecule has 2 N–H and O–H groups in total. The molecule has 6 nitrogen and oxygen atoms in total. The summed E-state index contributed by atoms with van der Waals surface area (Å²) in [5, 5.41) is 4.38. The maximum Gasteiger partial charge on any atom is 0.225 e. The summed E-state index contributed by atoms with van der Waals surface area (Å²) in [5.41, 5.74) is 7.74. The summed E-state index contributed by atoms with van der Waals surface area (Å²) in [6.07, 6.45) is 8.39. The van der Waals surface area contributed by atoms with Crippen LogP contribution < -0.4 is 10.6 Å². The van der Waals surface area contributed by atoms with Crippen molar-refractivity contribution >= 4 is 17.3 Å². The molecule has 1 aromatic heterocycles. The Hall–Kier alpha value is -2.77. The highest BCUT2D eigenvalue weighted by Crippen LogP contribution is 2.34. The molecule has 0 amide bonds. The lowest BCUT2D eigenvalue weighted by molar-refractivity contribution is 0.0406. The van der Waals surface area contributed by atoms with Crippen molar-refractivity contribution in [3.8, 4) is 0 Å². The number of oxime groups is 1. The van der Waals surface area contributed by atoms with Crippen LogP contribution in [0.1, 0.15) is 55.6 Å². The molecule has 0 atom stereocenters. The van der Waals surface area contributed by atoms with Crippen molar-refractivity contribution in [2.24, 2.45) is 5.16 Å². The number of halogens is 2. The Morgan fingerprint density at radius 2 is 1.70 bits per heavy atom. The molecule has 30 heavy (non-hydrogen) atoms. The van der Waals surface area contributed by atoms with E-state index >= 15 is 0 Å². The van der Waals surface area contributed by atoms with Crippen molar-refractivity contribution in [3.63, 3.8) is 0 Å². The van der Waals surface area contributed by atoms with Gasteiger partial charge in [-0.2, -0.15) is 0 Å². The Bertz CT molecular complexity index is 900. The minimum Gasteiger partial charge on any atom is -0.396 e. The molecule has 2 aromatic rings. The first-order valence-electron chi connectivity index (χ1n) is 10.5. The molecule has 1 aromatic carbocycles. The van der Waals surface area contributed by atoms with E-state index in [1.165, 1.54) is 6.07 Å². The summed E-state index contributed by atoms with van der Waals surface area (Å²) in [4.78, 5) is 16.7. The van der Waals surface area contributed by atoms with Crippen LogP contribution >= 0.6 is 0 Å². The maximum absolute atomic E-state index is 14.2. The van der Waals surface area contributed by atoms with E-state index in [2.05, 4.69) is 20.0 Å². The normalized spacial score (nSPS) is 20.3. The number of rotatable bonds is 4. The number of hydrogen-bond donors (Lipinski definition) is 1. The van der Waals surface area contributed by atoms with Crippen molar-refractivity contribution < 1.29 is 13.6 Å². The van der Waals surface area contributed by atoms with Crippen molar-refractivity contribution in [1.82, 2.24) is 9.97 Å². The van der Waals surface area contributed by atoms with Gasteiger partial charge < -0.3 is 15.5 Å². The highest BCUT2D eigenvalue weighted by Gasteiger charge is 2.25. The standard InChI is InChI=1S/C22H27F2N5O/c1-14-12-26-22(27-13-14)29-8-6-17(7-9-29)30-28-16-4-2-15(3-5-16)18-10-20(24)21(25)11-19(18)23/h10-13,15,17H,2-9,25H2,1H3. The zero-order chi connectivity index (χ0) is 21.1. The summed E-state index contributed by atoms with van der Waals surface area (Å²) in [6, 6.07) is 2.31. The topological polar surface area (TPSA) is 76.6 Å². The molecule has 2 aliphatic rings. The lowest BCUT2D eigenvalue weighted by atomic mass is 9.83. The van der Waals surface area contributed by atoms with Crippen LogP contribution in [-0.2, 0) is 4.84 Å². The van der Waals surface area contributed by atoms with Crippen LogP contribution in [0.3, 0.4) is 0 Å². The molecule has 1 aliphatic carbocycles. The van der Waals surface area contributed by atoms with Gasteiger partial charge in [0.2, 0.25) is 5.95 Å². The minimum absolute atomic E-state index is 0.0169. The molecule has 8 heteroatoms. The number of hydrogen-bond acceptors (Lipinski definition) is 6. The van der Waals surface area contributed by atoms with Gasteiger partial charge >= 0.3 is 0 Å². The van der Waals surface area contributed by atoms with Gasteiger partial charge in [0.05, 0.1) is 11.4 Å². The van der Waals surface area contributed by atoms with Gasteiger partial charge in [0.15, 0.2) is 0 Å². The van der Waals surface area contributed by atoms with Crippen molar-refractivity contribution in [1.29, 1.82) is 0 Å². The van der Waals surface area contributed by atoms with Gasteiger partial charge in [0.1, 0.15) is 17.7 Å². The second-order valence-electron chi connectivity index (χ2n) is 8.18. The fourth-order valence-corrected chi connectivity index (χ4v) is 4.10. The molecule has 2 heterocycles. The zero-order valence-electron chi connectivity index (χ0n) is 17.2. The van der Waals surface area contributed by atoms with Crippen LogP contribution in [0.25, 0.3) is 0 Å². The smallest absolute Gasteiger partial charge is 0.225 e. The van der Waals surface area contributed by atoms with Gasteiger partial charge in [-0.15, -0.1) is 0 Å². The Morgan fingerprint density at radius 1 is 1.03 bits per heavy atom. The van der Waals surface area contributed by atoms with E-state index in [-0.39, 0.29) is 17.7 Å². The van der Waals surface area contributed by atoms with Crippen LogP contribution in [0.5, 0.6) is 0 Å². The van der Waals surface area contributed by atoms with Crippen molar-refractivity contribution in [2.75, 3.05) is 23.7 Å². The molecule has 1 saturated heterocycles. The molecule has 1 saturated carbocycles. The predicted molar refractivity (Wildman–Crippen MR) is 113 cm³/mol. The fourth-order valence-electron chi connectivity index (χ4n) is 4.10. The van der Waals surface area contributed by atoms with Gasteiger partial charge in [0.25, 0.3) is 0 Å². The van der Waals surface area contributed by atoms with E-state index in [4.69, 9.17) is 10.6 Å². The van der Waals surface area contributed by atoms with Crippen LogP contribution in [-0.4, -0.2) is 34.9 Å². The molecule has 0 spiro atoms. The number of benzene rings is 1. The molecule has 0 radical (unpaired) electrons. The monoisotopic (exact) mass is 415 g/mol. The van der Waals surface area contributed by atoms with E-state index in [1.807, 2.05) is 19.3 Å². The highest BCUT2D eigenvalue weighted by molar-refractivity contribution is 5.84. The summed E-state index contributed by atoms with van der Waals surface area (Å²) < 4.78 is 27.9. The molecular formula is C22H27F2N5O. The third kappa shape index (κ3) is 4.68. The summed E-state index contributed by atoms with van der Waals surface area (Å²) in [5.74, 6) is -0.247. The first kappa shape index (κ1) is 20.5. The molecule has 160 valence electrons. The average molecular weight is 415 g/mol. The number of aromatic nitrogens is 2. The molecular weight excluding hydrogens is 388 g/mol. The first-order chi connectivity index (χ1) is 14.5. The van der Waals surface area contributed by atoms with Gasteiger partial charge in [-0.05, 0) is 55.7 Å². The summed E-state index contributed by atoms with van der Waals surface area (Å²) in [7, 11) is 0. The zero-order valence-corrected chi connectivity index (χ0v) is 17.2. The van der Waals surface area contributed by atoms with E-state index in [0.717, 1.165) is 74.9 Å². The lowest BCUT2D eigenvalue weighted by Crippen LogP contribution is -2.37. The number of anilines is 2. The number of aryl methyl sites for hydroxylation is 1. The maximum atomic E-state index is 14.2. The van der Waals surface area contributed by atoms with Gasteiger partial charge in [-0.3, -0.25) is 0 Å². The predicted octanol–water partition coefficient (Wildman–Crippen LogP) is 4.34. The third-order valence-corrected chi connectivity index (χ3v) is 5.94. The van der Waals surface area contributed by atoms with E-state index in [9.17, 15) is 8.78 Å². The van der Waals surface area contributed by atoms with Gasteiger partial charge in [-0.25, -0.2) is 18.7 Å². The Morgan fingerprint density at radius 3 is 2.37 bits per heavy atom. The Balaban J connectivity index is 1.26. The Kier molecular flexibility index (Phi) is 6.11. The van der Waals surface area contributed by atoms with Crippen LogP contribution in [0.2, 0.25) is 0 Å². The van der Waals surface area contributed by atoms with E-state index < -0.39 is 11.6 Å². The summed E-state index contributed by atoms with van der Waals surface area (Å²) in [6.45, 7) is 3.65. The van der Waals surface area contributed by atoms with E-state index in [0.29, 0.717) is 5.56 Å². The minimum atomic E-state index is -0.559. The van der Waals surface area contributed by atoms with Crippen molar-refractivity contribution in [3.05, 3.63) is 47.3 Å². The second-order valence-corrected chi connectivity index (χ2v) is 8.18. The first-order valence-corrected chi connectivity index (χ1v) is 10.5. The molecule has 0 unspecified atom stereocenters. The van der Waals surface area contributed by atoms with Crippen LogP contribution in [0.4, 0.5) is 20.4 Å². The van der Waals surface area contributed by atoms with Gasteiger partial charge in [0, 0.05) is 44.4 Å². The van der Waals surface area contributed by atoms with Crippen molar-refractivity contribution in [2.45, 2.75) is 57.5 Å². The average Bonchev–Trinajstić information content (AvgIpc) is 2.76. The van der Waals surface area contributed by atoms with Crippen LogP contribution in [0.15, 0.2) is 29.7 Å². The molecule has 2 fully saturated rings. The fraction of sp³-hybridized carbons (Fsp3) is 0.500. The second kappa shape index (κ2) is 8.93. The number of piperidine rings is 1. The van der Waals surface area contributed by atoms with Crippen LogP contribution in [0, 0.1) is 18.6 Å². The quantitative estimate of drug-likeness (QED) is 0.594. The molecule has 4 rings (SSSR count). The molecule has 1 aliphatic heterocycles. The SMILES string of the molecule is Cc1cnc(N2CCC(ON=C3CCC(c4cc(F)c(N)cc4F)CC3)CC2)nc1. The van der Waals surface area contributed by atoms with Gasteiger partial charge in [-0.1, -0.05) is 5.16 Å². The van der Waals surface area contributed by atoms with E-state index in [1.54, 1.807) is 0 Å². The largest absolute Gasteiger partial charge is 0.396 e. The number of nitrogen functional groups attached to an aromatic ring is 1. The summed E-state index contributed by atoms with van der Waals surface area (Å²) >= 11 is 0. The number of nitrogens with two attached hydrogens (primary N) is 1. The third-order valence-electron chi connectivity index (χ3n) is 5.94. The number of nitrogens with zero attached hydrogens (tertiary/aromatic N) is 4.